The topological polar surface area (TPSA) is 15.3 Å². The first-order valence-electron chi connectivity index (χ1n) is 6.97. The summed E-state index contributed by atoms with van der Waals surface area (Å²) < 4.78 is 0. The third kappa shape index (κ3) is 2.29. The van der Waals surface area contributed by atoms with Crippen LogP contribution < -0.4 is 5.32 Å². The molecular weight excluding hydrogens is 244 g/mol. The van der Waals surface area contributed by atoms with E-state index in [0.717, 1.165) is 17.5 Å². The van der Waals surface area contributed by atoms with Gasteiger partial charge in [-0.15, -0.1) is 0 Å². The first kappa shape index (κ1) is 12.5. The van der Waals surface area contributed by atoms with Gasteiger partial charge >= 0.3 is 0 Å². The van der Waals surface area contributed by atoms with Crippen LogP contribution in [0, 0.1) is 5.92 Å². The second-order valence-electron chi connectivity index (χ2n) is 5.61. The molecule has 3 heteroatoms. The number of likely N-dealkylation sites (tertiary alicyclic amines) is 1. The summed E-state index contributed by atoms with van der Waals surface area (Å²) >= 11 is 6.31. The third-order valence-corrected chi connectivity index (χ3v) is 4.87. The molecule has 2 nitrogen and oxygen atoms in total. The van der Waals surface area contributed by atoms with Crippen LogP contribution in [0.4, 0.5) is 0 Å². The van der Waals surface area contributed by atoms with Crippen molar-refractivity contribution in [3.8, 4) is 0 Å². The average molecular weight is 265 g/mol. The molecule has 0 bridgehead atoms. The molecule has 98 valence electrons. The zero-order chi connectivity index (χ0) is 12.5. The molecule has 3 atom stereocenters. The fourth-order valence-electron chi connectivity index (χ4n) is 3.41. The number of nitrogens with one attached hydrogen (secondary N) is 1. The van der Waals surface area contributed by atoms with Gasteiger partial charge in [0.1, 0.15) is 0 Å². The number of halogens is 1. The number of rotatable bonds is 2. The van der Waals surface area contributed by atoms with Gasteiger partial charge in [-0.05, 0) is 43.9 Å². The molecule has 0 saturated carbocycles. The van der Waals surface area contributed by atoms with E-state index in [1.54, 1.807) is 0 Å². The summed E-state index contributed by atoms with van der Waals surface area (Å²) in [5, 5.41) is 4.55. The Hall–Kier alpha value is -0.570. The molecule has 2 aliphatic rings. The highest BCUT2D eigenvalue weighted by Gasteiger charge is 2.36. The SMILES string of the molecule is CC(c1ccccc1Cl)N1C[C@@H]2CCCN[C@@H]2C1. The number of benzene rings is 1. The number of nitrogens with zero attached hydrogens (tertiary/aromatic N) is 1. The fourth-order valence-corrected chi connectivity index (χ4v) is 3.70. The van der Waals surface area contributed by atoms with Crippen molar-refractivity contribution in [3.05, 3.63) is 34.9 Å². The maximum Gasteiger partial charge on any atom is 0.0453 e. The molecule has 2 fully saturated rings. The van der Waals surface area contributed by atoms with E-state index in [2.05, 4.69) is 29.3 Å². The molecule has 0 spiro atoms. The Morgan fingerprint density at radius 2 is 2.17 bits per heavy atom. The van der Waals surface area contributed by atoms with Crippen LogP contribution in [0.5, 0.6) is 0 Å². The number of hydrogen-bond donors (Lipinski definition) is 1. The minimum absolute atomic E-state index is 0.422. The highest BCUT2D eigenvalue weighted by molar-refractivity contribution is 6.31. The lowest BCUT2D eigenvalue weighted by molar-refractivity contribution is 0.251. The predicted molar refractivity (Wildman–Crippen MR) is 76.0 cm³/mol. The van der Waals surface area contributed by atoms with E-state index in [-0.39, 0.29) is 0 Å². The first-order chi connectivity index (χ1) is 8.75. The molecule has 1 unspecified atom stereocenters. The summed E-state index contributed by atoms with van der Waals surface area (Å²) in [5.41, 5.74) is 1.26. The minimum atomic E-state index is 0.422. The lowest BCUT2D eigenvalue weighted by Gasteiger charge is -2.25. The molecule has 0 radical (unpaired) electrons. The van der Waals surface area contributed by atoms with E-state index in [4.69, 9.17) is 11.6 Å². The first-order valence-corrected chi connectivity index (χ1v) is 7.35. The molecule has 2 heterocycles. The lowest BCUT2D eigenvalue weighted by Crippen LogP contribution is -2.40. The second-order valence-corrected chi connectivity index (χ2v) is 6.02. The maximum atomic E-state index is 6.31. The molecule has 1 aromatic carbocycles. The maximum absolute atomic E-state index is 6.31. The van der Waals surface area contributed by atoms with E-state index in [9.17, 15) is 0 Å². The largest absolute Gasteiger partial charge is 0.312 e. The summed E-state index contributed by atoms with van der Waals surface area (Å²) in [5.74, 6) is 0.837. The van der Waals surface area contributed by atoms with Crippen molar-refractivity contribution < 1.29 is 0 Å². The lowest BCUT2D eigenvalue weighted by atomic mass is 9.94. The molecule has 0 amide bonds. The molecule has 1 N–H and O–H groups in total. The van der Waals surface area contributed by atoms with E-state index in [1.807, 2.05) is 12.1 Å². The van der Waals surface area contributed by atoms with Gasteiger partial charge in [0, 0.05) is 30.2 Å². The number of hydrogen-bond acceptors (Lipinski definition) is 2. The van der Waals surface area contributed by atoms with Crippen molar-refractivity contribution in [1.82, 2.24) is 10.2 Å². The van der Waals surface area contributed by atoms with Crippen molar-refractivity contribution in [1.29, 1.82) is 0 Å². The number of piperidine rings is 1. The second kappa shape index (κ2) is 5.20. The van der Waals surface area contributed by atoms with Crippen molar-refractivity contribution in [2.75, 3.05) is 19.6 Å². The van der Waals surface area contributed by atoms with Crippen LogP contribution >= 0.6 is 11.6 Å². The molecular formula is C15H21ClN2. The summed E-state index contributed by atoms with van der Waals surface area (Å²) in [6.45, 7) is 5.84. The molecule has 0 aromatic heterocycles. The Kier molecular flexibility index (Phi) is 3.60. The van der Waals surface area contributed by atoms with Crippen LogP contribution in [0.1, 0.15) is 31.4 Å². The zero-order valence-corrected chi connectivity index (χ0v) is 11.7. The Morgan fingerprint density at radius 3 is 2.94 bits per heavy atom. The summed E-state index contributed by atoms with van der Waals surface area (Å²) in [4.78, 5) is 2.58. The zero-order valence-electron chi connectivity index (χ0n) is 10.9. The Balaban J connectivity index is 1.74. The molecule has 3 rings (SSSR count). The molecule has 1 aromatic rings. The number of fused-ring (bicyclic) bond motifs is 1. The van der Waals surface area contributed by atoms with Gasteiger partial charge in [0.25, 0.3) is 0 Å². The van der Waals surface area contributed by atoms with Gasteiger partial charge in [0.05, 0.1) is 0 Å². The van der Waals surface area contributed by atoms with Gasteiger partial charge in [0.2, 0.25) is 0 Å². The smallest absolute Gasteiger partial charge is 0.0453 e. The van der Waals surface area contributed by atoms with Gasteiger partial charge in [0.15, 0.2) is 0 Å². The van der Waals surface area contributed by atoms with Crippen LogP contribution in [0.2, 0.25) is 5.02 Å². The van der Waals surface area contributed by atoms with Crippen molar-refractivity contribution in [3.63, 3.8) is 0 Å². The third-order valence-electron chi connectivity index (χ3n) is 4.53. The Morgan fingerprint density at radius 1 is 1.33 bits per heavy atom. The van der Waals surface area contributed by atoms with Crippen molar-refractivity contribution >= 4 is 11.6 Å². The summed E-state index contributed by atoms with van der Waals surface area (Å²) in [6, 6.07) is 9.36. The van der Waals surface area contributed by atoms with Crippen molar-refractivity contribution in [2.24, 2.45) is 5.92 Å². The average Bonchev–Trinajstić information content (AvgIpc) is 2.82. The minimum Gasteiger partial charge on any atom is -0.312 e. The highest BCUT2D eigenvalue weighted by atomic mass is 35.5. The Labute approximate surface area is 114 Å². The van der Waals surface area contributed by atoms with E-state index in [0.29, 0.717) is 12.1 Å². The Bertz CT molecular complexity index is 407. The quantitative estimate of drug-likeness (QED) is 0.883. The van der Waals surface area contributed by atoms with Gasteiger partial charge in [-0.3, -0.25) is 4.90 Å². The highest BCUT2D eigenvalue weighted by Crippen LogP contribution is 2.33. The van der Waals surface area contributed by atoms with Crippen LogP contribution in [-0.2, 0) is 0 Å². The van der Waals surface area contributed by atoms with Crippen LogP contribution in [-0.4, -0.2) is 30.6 Å². The molecule has 2 aliphatic heterocycles. The summed E-state index contributed by atoms with van der Waals surface area (Å²) in [7, 11) is 0. The van der Waals surface area contributed by atoms with E-state index < -0.39 is 0 Å². The van der Waals surface area contributed by atoms with Crippen molar-refractivity contribution in [2.45, 2.75) is 31.8 Å². The monoisotopic (exact) mass is 264 g/mol. The van der Waals surface area contributed by atoms with Gasteiger partial charge < -0.3 is 5.32 Å². The molecule has 18 heavy (non-hydrogen) atoms. The van der Waals surface area contributed by atoms with Crippen LogP contribution in [0.3, 0.4) is 0 Å². The van der Waals surface area contributed by atoms with Crippen LogP contribution in [0.15, 0.2) is 24.3 Å². The van der Waals surface area contributed by atoms with Gasteiger partial charge in [-0.2, -0.15) is 0 Å². The van der Waals surface area contributed by atoms with Gasteiger partial charge in [-0.25, -0.2) is 0 Å². The predicted octanol–water partition coefficient (Wildman–Crippen LogP) is 3.08. The standard InChI is InChI=1S/C15H21ClN2/c1-11(13-6-2-3-7-14(13)16)18-9-12-5-4-8-17-15(12)10-18/h2-3,6-7,11-12,15,17H,4-5,8-10H2,1H3/t11?,12-,15+/m0/s1. The van der Waals surface area contributed by atoms with E-state index in [1.165, 1.54) is 31.5 Å². The van der Waals surface area contributed by atoms with Gasteiger partial charge in [-0.1, -0.05) is 29.8 Å². The van der Waals surface area contributed by atoms with Crippen LogP contribution in [0.25, 0.3) is 0 Å². The van der Waals surface area contributed by atoms with E-state index >= 15 is 0 Å². The molecule has 0 aliphatic carbocycles. The normalized spacial score (nSPS) is 30.1. The summed E-state index contributed by atoms with van der Waals surface area (Å²) in [6.07, 6.45) is 2.71. The fraction of sp³-hybridized carbons (Fsp3) is 0.600. The molecule has 2 saturated heterocycles.